The molecule has 0 bridgehead atoms. The number of piperazine rings is 1. The van der Waals surface area contributed by atoms with Crippen molar-refractivity contribution < 1.29 is 9.53 Å². The van der Waals surface area contributed by atoms with E-state index in [0.717, 1.165) is 36.9 Å². The van der Waals surface area contributed by atoms with E-state index in [-0.39, 0.29) is 29.9 Å². The van der Waals surface area contributed by atoms with Crippen molar-refractivity contribution in [2.45, 2.75) is 19.9 Å². The Morgan fingerprint density at radius 2 is 1.87 bits per heavy atom. The number of amides is 1. The number of pyridine rings is 1. The zero-order valence-electron chi connectivity index (χ0n) is 17.9. The average Bonchev–Trinajstić information content (AvgIpc) is 2.77. The average molecular weight is 558 g/mol. The molecule has 0 aliphatic carbocycles. The predicted molar refractivity (Wildman–Crippen MR) is 134 cm³/mol. The van der Waals surface area contributed by atoms with Crippen LogP contribution < -0.4 is 10.1 Å². The summed E-state index contributed by atoms with van der Waals surface area (Å²) in [6.45, 7) is 6.09. The van der Waals surface area contributed by atoms with Gasteiger partial charge in [0.1, 0.15) is 0 Å². The summed E-state index contributed by atoms with van der Waals surface area (Å²) in [6, 6.07) is 13.1. The van der Waals surface area contributed by atoms with Gasteiger partial charge in [0.2, 0.25) is 11.8 Å². The summed E-state index contributed by atoms with van der Waals surface area (Å²) in [6.07, 6.45) is 0.371. The number of nitrogens with zero attached hydrogens (tertiary/aromatic N) is 4. The molecule has 2 aromatic rings. The number of methoxy groups -OCH3 is 1. The smallest absolute Gasteiger partial charge is 0.227 e. The lowest BCUT2D eigenvalue weighted by Crippen LogP contribution is -2.54. The lowest BCUT2D eigenvalue weighted by atomic mass is 10.1. The molecule has 1 amide bonds. The highest BCUT2D eigenvalue weighted by molar-refractivity contribution is 14.0. The zero-order valence-corrected chi connectivity index (χ0v) is 21.0. The fourth-order valence-corrected chi connectivity index (χ4v) is 3.55. The quantitative estimate of drug-likeness (QED) is 0.336. The first kappa shape index (κ1) is 25.2. The van der Waals surface area contributed by atoms with E-state index in [1.165, 1.54) is 0 Å². The number of halogens is 2. The highest BCUT2D eigenvalue weighted by atomic mass is 127. The molecule has 1 aromatic heterocycles. The van der Waals surface area contributed by atoms with E-state index in [2.05, 4.69) is 15.2 Å². The molecular formula is C22H29ClIN5O2. The summed E-state index contributed by atoms with van der Waals surface area (Å²) in [7, 11) is 1.60. The van der Waals surface area contributed by atoms with Crippen molar-refractivity contribution in [2.24, 2.45) is 4.99 Å². The van der Waals surface area contributed by atoms with Crippen LogP contribution in [-0.4, -0.2) is 66.5 Å². The van der Waals surface area contributed by atoms with Crippen LogP contribution in [0.25, 0.3) is 0 Å². The summed E-state index contributed by atoms with van der Waals surface area (Å²) in [4.78, 5) is 25.9. The predicted octanol–water partition coefficient (Wildman–Crippen LogP) is 3.21. The second-order valence-electron chi connectivity index (χ2n) is 7.02. The molecule has 31 heavy (non-hydrogen) atoms. The van der Waals surface area contributed by atoms with E-state index in [1.54, 1.807) is 7.11 Å². The Labute approximate surface area is 205 Å². The molecule has 1 fully saturated rings. The number of nitrogens with one attached hydrogen (secondary N) is 1. The summed E-state index contributed by atoms with van der Waals surface area (Å²) in [5, 5.41) is 3.99. The second kappa shape index (κ2) is 12.7. The largest absolute Gasteiger partial charge is 0.481 e. The van der Waals surface area contributed by atoms with E-state index in [4.69, 9.17) is 21.3 Å². The number of benzene rings is 1. The van der Waals surface area contributed by atoms with Crippen LogP contribution in [0.4, 0.5) is 0 Å². The number of ether oxygens (including phenoxy) is 1. The van der Waals surface area contributed by atoms with E-state index in [9.17, 15) is 4.79 Å². The first-order valence-corrected chi connectivity index (χ1v) is 10.5. The number of rotatable bonds is 6. The van der Waals surface area contributed by atoms with Gasteiger partial charge in [-0.1, -0.05) is 29.8 Å². The van der Waals surface area contributed by atoms with E-state index in [0.29, 0.717) is 37.0 Å². The minimum absolute atomic E-state index is 0. The number of carbonyl (C=O) groups is 1. The highest BCUT2D eigenvalue weighted by Crippen LogP contribution is 2.13. The molecule has 168 valence electrons. The number of hydrogen-bond acceptors (Lipinski definition) is 4. The van der Waals surface area contributed by atoms with Gasteiger partial charge < -0.3 is 19.9 Å². The Hall–Kier alpha value is -2.07. The van der Waals surface area contributed by atoms with Crippen LogP contribution in [0.15, 0.2) is 47.5 Å². The van der Waals surface area contributed by atoms with Crippen LogP contribution in [-0.2, 0) is 17.8 Å². The standard InChI is InChI=1S/C22H28ClN5O2.HI/c1-3-24-22(25-16-19-8-5-9-20(26-19)30-2)28-12-10-27(11-13-28)21(29)15-17-6-4-7-18(23)14-17;/h4-9,14H,3,10-13,15-16H2,1-2H3,(H,24,25);1H. The monoisotopic (exact) mass is 557 g/mol. The highest BCUT2D eigenvalue weighted by Gasteiger charge is 2.23. The molecule has 1 aliphatic heterocycles. The molecule has 0 saturated carbocycles. The first-order valence-electron chi connectivity index (χ1n) is 10.1. The number of aromatic nitrogens is 1. The molecule has 1 aromatic carbocycles. The molecular weight excluding hydrogens is 529 g/mol. The first-order chi connectivity index (χ1) is 14.6. The third-order valence-electron chi connectivity index (χ3n) is 4.89. The SMILES string of the molecule is CCNC(=NCc1cccc(OC)n1)N1CCN(C(=O)Cc2cccc(Cl)c2)CC1.I. The van der Waals surface area contributed by atoms with E-state index >= 15 is 0 Å². The molecule has 0 spiro atoms. The van der Waals surface area contributed by atoms with Crippen molar-refractivity contribution >= 4 is 47.4 Å². The van der Waals surface area contributed by atoms with Crippen LogP contribution >= 0.6 is 35.6 Å². The molecule has 9 heteroatoms. The van der Waals surface area contributed by atoms with Gasteiger partial charge in [-0.3, -0.25) is 4.79 Å². The number of hydrogen-bond donors (Lipinski definition) is 1. The Balaban J connectivity index is 0.00000341. The maximum Gasteiger partial charge on any atom is 0.227 e. The van der Waals surface area contributed by atoms with Gasteiger partial charge in [0.25, 0.3) is 0 Å². The number of aliphatic imine (C=N–C) groups is 1. The zero-order chi connectivity index (χ0) is 21.3. The summed E-state index contributed by atoms with van der Waals surface area (Å²) in [5.74, 6) is 1.54. The van der Waals surface area contributed by atoms with Gasteiger partial charge in [-0.05, 0) is 30.7 Å². The normalized spacial score (nSPS) is 14.1. The van der Waals surface area contributed by atoms with Gasteiger partial charge in [0.15, 0.2) is 5.96 Å². The lowest BCUT2D eigenvalue weighted by Gasteiger charge is -2.36. The molecule has 1 N–H and O–H groups in total. The summed E-state index contributed by atoms with van der Waals surface area (Å²) < 4.78 is 5.18. The van der Waals surface area contributed by atoms with Crippen LogP contribution in [0.5, 0.6) is 5.88 Å². The van der Waals surface area contributed by atoms with Crippen molar-refractivity contribution in [1.82, 2.24) is 20.1 Å². The van der Waals surface area contributed by atoms with Crippen LogP contribution in [0.2, 0.25) is 5.02 Å². The van der Waals surface area contributed by atoms with Gasteiger partial charge in [-0.2, -0.15) is 0 Å². The maximum absolute atomic E-state index is 12.7. The lowest BCUT2D eigenvalue weighted by molar-refractivity contribution is -0.131. The van der Waals surface area contributed by atoms with E-state index in [1.807, 2.05) is 54.3 Å². The van der Waals surface area contributed by atoms with Gasteiger partial charge in [0.05, 0.1) is 25.8 Å². The summed E-state index contributed by atoms with van der Waals surface area (Å²) >= 11 is 6.03. The molecule has 1 aliphatic rings. The Kier molecular flexibility index (Phi) is 10.3. The second-order valence-corrected chi connectivity index (χ2v) is 7.45. The Morgan fingerprint density at radius 1 is 1.16 bits per heavy atom. The number of guanidine groups is 1. The third-order valence-corrected chi connectivity index (χ3v) is 5.13. The van der Waals surface area contributed by atoms with Gasteiger partial charge in [0, 0.05) is 43.8 Å². The van der Waals surface area contributed by atoms with Gasteiger partial charge in [-0.25, -0.2) is 9.98 Å². The molecule has 0 unspecified atom stereocenters. The van der Waals surface area contributed by atoms with Crippen molar-refractivity contribution in [3.05, 3.63) is 58.7 Å². The van der Waals surface area contributed by atoms with Crippen molar-refractivity contribution in [3.63, 3.8) is 0 Å². The topological polar surface area (TPSA) is 70.1 Å². The fourth-order valence-electron chi connectivity index (χ4n) is 3.34. The molecule has 7 nitrogen and oxygen atoms in total. The molecule has 3 rings (SSSR count). The Morgan fingerprint density at radius 3 is 2.55 bits per heavy atom. The third kappa shape index (κ3) is 7.53. The van der Waals surface area contributed by atoms with Gasteiger partial charge in [-0.15, -0.1) is 24.0 Å². The van der Waals surface area contributed by atoms with E-state index < -0.39 is 0 Å². The van der Waals surface area contributed by atoms with Crippen molar-refractivity contribution in [2.75, 3.05) is 39.8 Å². The Bertz CT molecular complexity index is 888. The van der Waals surface area contributed by atoms with Crippen LogP contribution in [0.1, 0.15) is 18.2 Å². The fraction of sp³-hybridized carbons (Fsp3) is 0.409. The minimum Gasteiger partial charge on any atom is -0.481 e. The van der Waals surface area contributed by atoms with Crippen molar-refractivity contribution in [1.29, 1.82) is 0 Å². The number of carbonyl (C=O) groups excluding carboxylic acids is 1. The molecule has 0 atom stereocenters. The molecule has 2 heterocycles. The maximum atomic E-state index is 12.7. The van der Waals surface area contributed by atoms with Gasteiger partial charge >= 0.3 is 0 Å². The van der Waals surface area contributed by atoms with Crippen LogP contribution in [0, 0.1) is 0 Å². The molecule has 0 radical (unpaired) electrons. The van der Waals surface area contributed by atoms with Crippen LogP contribution in [0.3, 0.4) is 0 Å². The minimum atomic E-state index is 0. The van der Waals surface area contributed by atoms with Crippen molar-refractivity contribution in [3.8, 4) is 5.88 Å². The summed E-state index contributed by atoms with van der Waals surface area (Å²) in [5.41, 5.74) is 1.79. The molecule has 1 saturated heterocycles.